The van der Waals surface area contributed by atoms with Crippen LogP contribution in [-0.2, 0) is 11.8 Å². The Labute approximate surface area is 96.7 Å². The van der Waals surface area contributed by atoms with Crippen molar-refractivity contribution in [3.8, 4) is 0 Å². The quantitative estimate of drug-likeness (QED) is 0.837. The van der Waals surface area contributed by atoms with Gasteiger partial charge in [-0.05, 0) is 14.1 Å². The number of aromatic nitrogens is 2. The Bertz CT molecular complexity index is 401. The predicted octanol–water partition coefficient (Wildman–Crippen LogP) is 1.17. The van der Waals surface area contributed by atoms with E-state index in [9.17, 15) is 4.79 Å². The van der Waals surface area contributed by atoms with Gasteiger partial charge in [-0.25, -0.2) is 4.98 Å². The fraction of sp³-hybridized carbons (Fsp3) is 0.667. The summed E-state index contributed by atoms with van der Waals surface area (Å²) in [6.45, 7) is 7.07. The first kappa shape index (κ1) is 12.9. The molecule has 0 amide bonds. The van der Waals surface area contributed by atoms with Crippen molar-refractivity contribution in [3.63, 3.8) is 0 Å². The maximum Gasteiger partial charge on any atom is 0.251 e. The van der Waals surface area contributed by atoms with E-state index in [0.29, 0.717) is 0 Å². The third kappa shape index (κ3) is 3.77. The Morgan fingerprint density at radius 1 is 1.38 bits per heavy atom. The maximum atomic E-state index is 11.5. The number of nitrogens with zero attached hydrogens (tertiary/aromatic N) is 2. The van der Waals surface area contributed by atoms with E-state index in [1.807, 2.05) is 14.1 Å². The summed E-state index contributed by atoms with van der Waals surface area (Å²) in [5, 5.41) is 0. The van der Waals surface area contributed by atoms with E-state index in [0.717, 1.165) is 24.5 Å². The van der Waals surface area contributed by atoms with Crippen molar-refractivity contribution in [2.45, 2.75) is 32.6 Å². The maximum absolute atomic E-state index is 11.5. The van der Waals surface area contributed by atoms with E-state index in [2.05, 4.69) is 35.6 Å². The molecule has 0 aliphatic carbocycles. The largest absolute Gasteiger partial charge is 0.311 e. The van der Waals surface area contributed by atoms with Crippen LogP contribution in [0.15, 0.2) is 10.9 Å². The van der Waals surface area contributed by atoms with E-state index in [4.69, 9.17) is 0 Å². The van der Waals surface area contributed by atoms with Crippen molar-refractivity contribution in [2.75, 3.05) is 20.6 Å². The number of nitrogens with one attached hydrogen (secondary N) is 1. The lowest BCUT2D eigenvalue weighted by molar-refractivity contribution is 0.408. The van der Waals surface area contributed by atoms with Crippen molar-refractivity contribution in [2.24, 2.45) is 0 Å². The molecule has 0 radical (unpaired) electrons. The van der Waals surface area contributed by atoms with Crippen molar-refractivity contribution < 1.29 is 0 Å². The highest BCUT2D eigenvalue weighted by Crippen LogP contribution is 2.18. The van der Waals surface area contributed by atoms with Gasteiger partial charge >= 0.3 is 0 Å². The first-order valence-electron chi connectivity index (χ1n) is 5.54. The molecule has 4 nitrogen and oxygen atoms in total. The van der Waals surface area contributed by atoms with E-state index in [1.165, 1.54) is 0 Å². The van der Waals surface area contributed by atoms with Crippen LogP contribution < -0.4 is 5.56 Å². The number of aromatic amines is 1. The van der Waals surface area contributed by atoms with Crippen molar-refractivity contribution in [3.05, 3.63) is 27.9 Å². The van der Waals surface area contributed by atoms with Gasteiger partial charge in [0.1, 0.15) is 5.82 Å². The molecule has 0 saturated carbocycles. The number of likely N-dealkylation sites (N-methyl/N-ethyl adjacent to an activating group) is 1. The van der Waals surface area contributed by atoms with Crippen LogP contribution in [0.4, 0.5) is 0 Å². The molecule has 0 bridgehead atoms. The molecule has 1 rings (SSSR count). The van der Waals surface area contributed by atoms with Gasteiger partial charge in [0, 0.05) is 24.4 Å². The second-order valence-electron chi connectivity index (χ2n) is 5.38. The Balaban J connectivity index is 2.95. The topological polar surface area (TPSA) is 49.0 Å². The van der Waals surface area contributed by atoms with Gasteiger partial charge in [-0.3, -0.25) is 4.79 Å². The first-order valence-corrected chi connectivity index (χ1v) is 5.54. The standard InChI is InChI=1S/C12H21N3O/c1-12(2,3)9-8-11(16)14-10(13-9)6-7-15(4)5/h8H,6-7H2,1-5H3,(H,13,14,16). The molecule has 0 aromatic carbocycles. The second-order valence-corrected chi connectivity index (χ2v) is 5.38. The van der Waals surface area contributed by atoms with Crippen LogP contribution in [-0.4, -0.2) is 35.5 Å². The molecule has 0 atom stereocenters. The second kappa shape index (κ2) is 4.78. The number of hydrogen-bond donors (Lipinski definition) is 1. The summed E-state index contributed by atoms with van der Waals surface area (Å²) in [5.41, 5.74) is 0.708. The summed E-state index contributed by atoms with van der Waals surface area (Å²) in [6.07, 6.45) is 0.770. The van der Waals surface area contributed by atoms with Crippen LogP contribution in [0.3, 0.4) is 0 Å². The summed E-state index contributed by atoms with van der Waals surface area (Å²) in [4.78, 5) is 20.8. The fourth-order valence-electron chi connectivity index (χ4n) is 1.34. The summed E-state index contributed by atoms with van der Waals surface area (Å²) in [7, 11) is 4.01. The molecule has 0 spiro atoms. The zero-order valence-corrected chi connectivity index (χ0v) is 10.8. The molecule has 0 aliphatic heterocycles. The van der Waals surface area contributed by atoms with E-state index in [1.54, 1.807) is 6.07 Å². The molecular formula is C12H21N3O. The molecular weight excluding hydrogens is 202 g/mol. The summed E-state index contributed by atoms with van der Waals surface area (Å²) >= 11 is 0. The molecule has 0 unspecified atom stereocenters. The fourth-order valence-corrected chi connectivity index (χ4v) is 1.34. The summed E-state index contributed by atoms with van der Waals surface area (Å²) < 4.78 is 0. The minimum absolute atomic E-state index is 0.0614. The Morgan fingerprint density at radius 2 is 2.00 bits per heavy atom. The highest BCUT2D eigenvalue weighted by molar-refractivity contribution is 5.12. The number of H-pyrrole nitrogens is 1. The summed E-state index contributed by atoms with van der Waals surface area (Å²) in [5.74, 6) is 0.770. The molecule has 1 heterocycles. The third-order valence-electron chi connectivity index (χ3n) is 2.35. The van der Waals surface area contributed by atoms with Crippen molar-refractivity contribution >= 4 is 0 Å². The van der Waals surface area contributed by atoms with E-state index >= 15 is 0 Å². The van der Waals surface area contributed by atoms with Crippen LogP contribution in [0.1, 0.15) is 32.3 Å². The van der Waals surface area contributed by atoms with Gasteiger partial charge in [-0.2, -0.15) is 0 Å². The minimum atomic E-state index is -0.0822. The predicted molar refractivity (Wildman–Crippen MR) is 65.8 cm³/mol. The van der Waals surface area contributed by atoms with Crippen LogP contribution in [0.2, 0.25) is 0 Å². The molecule has 1 aromatic rings. The zero-order chi connectivity index (χ0) is 12.3. The molecule has 4 heteroatoms. The van der Waals surface area contributed by atoms with Gasteiger partial charge in [-0.1, -0.05) is 20.8 Å². The van der Waals surface area contributed by atoms with Gasteiger partial charge in [0.05, 0.1) is 5.69 Å². The highest BCUT2D eigenvalue weighted by Gasteiger charge is 2.16. The van der Waals surface area contributed by atoms with Crippen LogP contribution >= 0.6 is 0 Å². The lowest BCUT2D eigenvalue weighted by Crippen LogP contribution is -2.23. The molecule has 0 fully saturated rings. The SMILES string of the molecule is CN(C)CCc1nc(C(C)(C)C)cc(=O)[nH]1. The van der Waals surface area contributed by atoms with Crippen molar-refractivity contribution in [1.82, 2.24) is 14.9 Å². The van der Waals surface area contributed by atoms with Gasteiger partial charge in [-0.15, -0.1) is 0 Å². The number of hydrogen-bond acceptors (Lipinski definition) is 3. The normalized spacial score (nSPS) is 12.1. The Morgan fingerprint density at radius 3 is 2.50 bits per heavy atom. The van der Waals surface area contributed by atoms with Gasteiger partial charge < -0.3 is 9.88 Å². The zero-order valence-electron chi connectivity index (χ0n) is 10.8. The van der Waals surface area contributed by atoms with E-state index < -0.39 is 0 Å². The molecule has 1 aromatic heterocycles. The summed E-state index contributed by atoms with van der Waals surface area (Å²) in [6, 6.07) is 1.58. The van der Waals surface area contributed by atoms with Crippen LogP contribution in [0.5, 0.6) is 0 Å². The Kier molecular flexibility index (Phi) is 3.86. The van der Waals surface area contributed by atoms with Gasteiger partial charge in [0.15, 0.2) is 0 Å². The lowest BCUT2D eigenvalue weighted by atomic mass is 9.92. The average Bonchev–Trinajstić information content (AvgIpc) is 2.12. The smallest absolute Gasteiger partial charge is 0.251 e. The van der Waals surface area contributed by atoms with E-state index in [-0.39, 0.29) is 11.0 Å². The molecule has 90 valence electrons. The Hall–Kier alpha value is -1.16. The first-order chi connectivity index (χ1) is 7.29. The van der Waals surface area contributed by atoms with Gasteiger partial charge in [0.2, 0.25) is 0 Å². The van der Waals surface area contributed by atoms with Crippen LogP contribution in [0.25, 0.3) is 0 Å². The molecule has 0 aliphatic rings. The minimum Gasteiger partial charge on any atom is -0.311 e. The highest BCUT2D eigenvalue weighted by atomic mass is 16.1. The molecule has 0 saturated heterocycles. The monoisotopic (exact) mass is 223 g/mol. The number of rotatable bonds is 3. The van der Waals surface area contributed by atoms with Crippen molar-refractivity contribution in [1.29, 1.82) is 0 Å². The average molecular weight is 223 g/mol. The van der Waals surface area contributed by atoms with Crippen LogP contribution in [0, 0.1) is 0 Å². The van der Waals surface area contributed by atoms with Gasteiger partial charge in [0.25, 0.3) is 5.56 Å². The third-order valence-corrected chi connectivity index (χ3v) is 2.35. The molecule has 16 heavy (non-hydrogen) atoms. The lowest BCUT2D eigenvalue weighted by Gasteiger charge is -2.18. The molecule has 1 N–H and O–H groups in total.